The maximum atomic E-state index is 14.4. The molecule has 1 aromatic carbocycles. The van der Waals surface area contributed by atoms with E-state index in [-0.39, 0.29) is 17.0 Å². The van der Waals surface area contributed by atoms with Gasteiger partial charge in [-0.15, -0.1) is 0 Å². The second-order valence-electron chi connectivity index (χ2n) is 6.24. The molecule has 0 unspecified atom stereocenters. The van der Waals surface area contributed by atoms with Crippen molar-refractivity contribution in [1.29, 1.82) is 0 Å². The second kappa shape index (κ2) is 8.01. The smallest absolute Gasteiger partial charge is 0.336 e. The second-order valence-corrected chi connectivity index (χ2v) is 7.82. The first kappa shape index (κ1) is 20.3. The molecule has 0 spiro atoms. The van der Waals surface area contributed by atoms with Crippen LogP contribution in [0.1, 0.15) is 16.6 Å². The molecule has 0 bridgehead atoms. The third kappa shape index (κ3) is 4.27. The summed E-state index contributed by atoms with van der Waals surface area (Å²) in [6, 6.07) is 8.49. The number of halogens is 1. The normalized spacial score (nSPS) is 19.1. The number of ether oxygens (including phenoxy) is 2. The topological polar surface area (TPSA) is 149 Å². The molecule has 0 aliphatic carbocycles. The number of imidazole rings is 1. The average molecular weight is 435 g/mol. The van der Waals surface area contributed by atoms with Crippen molar-refractivity contribution in [2.45, 2.75) is 12.5 Å². The Labute approximate surface area is 168 Å². The van der Waals surface area contributed by atoms with Crippen molar-refractivity contribution in [3.63, 3.8) is 0 Å². The van der Waals surface area contributed by atoms with E-state index in [4.69, 9.17) is 19.3 Å². The fourth-order valence-electron chi connectivity index (χ4n) is 2.78. The van der Waals surface area contributed by atoms with E-state index in [0.29, 0.717) is 5.56 Å². The quantitative estimate of drug-likeness (QED) is 0.494. The van der Waals surface area contributed by atoms with Crippen LogP contribution in [0.4, 0.5) is 10.2 Å². The fraction of sp³-hybridized carbons (Fsp3) is 0.176. The van der Waals surface area contributed by atoms with Crippen LogP contribution in [0.25, 0.3) is 11.2 Å². The molecule has 1 aliphatic heterocycles. The van der Waals surface area contributed by atoms with Crippen molar-refractivity contribution in [1.82, 2.24) is 19.5 Å². The Kier molecular flexibility index (Phi) is 5.41. The first-order valence-corrected chi connectivity index (χ1v) is 10.3. The van der Waals surface area contributed by atoms with E-state index in [1.54, 1.807) is 30.3 Å². The first-order valence-electron chi connectivity index (χ1n) is 8.54. The predicted molar refractivity (Wildman–Crippen MR) is 101 cm³/mol. The first-order chi connectivity index (χ1) is 14.3. The number of carbonyl (C=O) groups is 1. The molecular weight excluding hydrogens is 420 g/mol. The summed E-state index contributed by atoms with van der Waals surface area (Å²) in [5, 5.41) is 2.64. The number of nitrogens with one attached hydrogen (secondary N) is 1. The largest absolute Gasteiger partial charge is 0.351 e. The molecule has 0 radical (unpaired) electrons. The highest BCUT2D eigenvalue weighted by Gasteiger charge is 2.32. The number of aromatic nitrogens is 4. The highest BCUT2D eigenvalue weighted by molar-refractivity contribution is 7.51. The summed E-state index contributed by atoms with van der Waals surface area (Å²) in [5.41, 5.74) is 0.803. The summed E-state index contributed by atoms with van der Waals surface area (Å²) in [6.45, 7) is 0. The predicted octanol–water partition coefficient (Wildman–Crippen LogP) is 1.94. The van der Waals surface area contributed by atoms with Crippen molar-refractivity contribution < 1.29 is 33.0 Å². The van der Waals surface area contributed by atoms with Crippen LogP contribution >= 0.6 is 7.60 Å². The number of fused-ring (bicyclic) bond motifs is 1. The van der Waals surface area contributed by atoms with Gasteiger partial charge >= 0.3 is 7.60 Å². The molecule has 2 atom stereocenters. The third-order valence-electron chi connectivity index (χ3n) is 4.08. The van der Waals surface area contributed by atoms with Crippen LogP contribution < -0.4 is 5.32 Å². The molecule has 2 aromatic heterocycles. The van der Waals surface area contributed by atoms with E-state index in [0.717, 1.165) is 6.08 Å². The molecular formula is C17H15FN5O6P. The number of anilines is 1. The van der Waals surface area contributed by atoms with Gasteiger partial charge in [0.15, 0.2) is 41.7 Å². The molecule has 0 saturated carbocycles. The van der Waals surface area contributed by atoms with E-state index in [9.17, 15) is 13.8 Å². The van der Waals surface area contributed by atoms with Crippen molar-refractivity contribution >= 4 is 30.5 Å². The van der Waals surface area contributed by atoms with E-state index in [1.165, 1.54) is 17.2 Å². The van der Waals surface area contributed by atoms with Gasteiger partial charge in [0.05, 0.1) is 6.33 Å². The monoisotopic (exact) mass is 435 g/mol. The Balaban J connectivity index is 1.56. The molecule has 4 rings (SSSR count). The molecule has 13 heteroatoms. The van der Waals surface area contributed by atoms with Gasteiger partial charge in [-0.05, 0) is 12.1 Å². The fourth-order valence-corrected chi connectivity index (χ4v) is 3.13. The minimum absolute atomic E-state index is 0.129. The van der Waals surface area contributed by atoms with E-state index in [1.807, 2.05) is 0 Å². The lowest BCUT2D eigenvalue weighted by molar-refractivity contribution is -0.130. The Morgan fingerprint density at radius 2 is 2.03 bits per heavy atom. The van der Waals surface area contributed by atoms with Gasteiger partial charge < -0.3 is 24.6 Å². The summed E-state index contributed by atoms with van der Waals surface area (Å²) in [5.74, 6) is -1.03. The SMILES string of the molecule is O=C(Nc1ncnc2c1ncn2[C@@H]1O[C@H](OCP(=O)(O)O)C=C1F)c1ccccc1. The van der Waals surface area contributed by atoms with Gasteiger partial charge in [-0.1, -0.05) is 18.2 Å². The summed E-state index contributed by atoms with van der Waals surface area (Å²) in [6.07, 6.45) is -0.133. The minimum Gasteiger partial charge on any atom is -0.336 e. The lowest BCUT2D eigenvalue weighted by Crippen LogP contribution is -2.17. The molecule has 1 amide bonds. The zero-order valence-electron chi connectivity index (χ0n) is 15.1. The lowest BCUT2D eigenvalue weighted by Gasteiger charge is -2.16. The van der Waals surface area contributed by atoms with Crippen molar-refractivity contribution in [2.24, 2.45) is 0 Å². The van der Waals surface area contributed by atoms with Gasteiger partial charge in [-0.2, -0.15) is 0 Å². The number of carbonyl (C=O) groups excluding carboxylic acids is 1. The third-order valence-corrected chi connectivity index (χ3v) is 4.57. The summed E-state index contributed by atoms with van der Waals surface area (Å²) in [7, 11) is -4.44. The van der Waals surface area contributed by atoms with Crippen molar-refractivity contribution in [2.75, 3.05) is 11.7 Å². The molecule has 3 aromatic rings. The molecule has 1 aliphatic rings. The van der Waals surface area contributed by atoms with Crippen LogP contribution in [0.5, 0.6) is 0 Å². The number of hydrogen-bond acceptors (Lipinski definition) is 7. The molecule has 0 saturated heterocycles. The molecule has 11 nitrogen and oxygen atoms in total. The van der Waals surface area contributed by atoms with Gasteiger partial charge in [-0.3, -0.25) is 13.9 Å². The Bertz CT molecular complexity index is 1160. The Morgan fingerprint density at radius 3 is 2.77 bits per heavy atom. The number of amides is 1. The van der Waals surface area contributed by atoms with Crippen molar-refractivity contribution in [3.8, 4) is 0 Å². The van der Waals surface area contributed by atoms with Crippen LogP contribution in [0.3, 0.4) is 0 Å². The summed E-state index contributed by atoms with van der Waals surface area (Å²) in [4.78, 5) is 42.4. The van der Waals surface area contributed by atoms with E-state index in [2.05, 4.69) is 20.3 Å². The minimum atomic E-state index is -4.44. The Morgan fingerprint density at radius 1 is 1.27 bits per heavy atom. The highest BCUT2D eigenvalue weighted by Crippen LogP contribution is 2.38. The molecule has 3 heterocycles. The van der Waals surface area contributed by atoms with Gasteiger partial charge in [0.1, 0.15) is 6.33 Å². The number of nitrogens with zero attached hydrogens (tertiary/aromatic N) is 4. The molecule has 30 heavy (non-hydrogen) atoms. The molecule has 0 fully saturated rings. The Hall–Kier alpha value is -3.02. The van der Waals surface area contributed by atoms with E-state index < -0.39 is 38.2 Å². The zero-order chi connectivity index (χ0) is 21.3. The van der Waals surface area contributed by atoms with Gasteiger partial charge in [-0.25, -0.2) is 19.3 Å². The van der Waals surface area contributed by atoms with Crippen molar-refractivity contribution in [3.05, 3.63) is 60.5 Å². The van der Waals surface area contributed by atoms with Gasteiger partial charge in [0.2, 0.25) is 0 Å². The number of benzene rings is 1. The van der Waals surface area contributed by atoms with Crippen LogP contribution in [-0.2, 0) is 14.0 Å². The zero-order valence-corrected chi connectivity index (χ0v) is 16.0. The van der Waals surface area contributed by atoms with Gasteiger partial charge in [0, 0.05) is 11.6 Å². The highest BCUT2D eigenvalue weighted by atomic mass is 31.2. The van der Waals surface area contributed by atoms with E-state index >= 15 is 0 Å². The van der Waals surface area contributed by atoms with Crippen LogP contribution in [0.15, 0.2) is 54.9 Å². The summed E-state index contributed by atoms with van der Waals surface area (Å²) >= 11 is 0. The maximum Gasteiger partial charge on any atom is 0.351 e. The lowest BCUT2D eigenvalue weighted by atomic mass is 10.2. The van der Waals surface area contributed by atoms with Crippen LogP contribution in [0, 0.1) is 0 Å². The standard InChI is InChI=1S/C17H15FN5O6P/c18-11-6-12(28-9-30(25,26)27)29-17(11)23-8-21-13-14(19-7-20-15(13)23)22-16(24)10-4-2-1-3-5-10/h1-8,12,17H,9H2,(H2,25,26,27)(H,19,20,22,24)/t12-,17+/m0/s1. The number of rotatable bonds is 6. The van der Waals surface area contributed by atoms with Crippen LogP contribution in [-0.4, -0.2) is 47.9 Å². The molecule has 3 N–H and O–H groups in total. The van der Waals surface area contributed by atoms with Crippen LogP contribution in [0.2, 0.25) is 0 Å². The molecule has 156 valence electrons. The number of hydrogen-bond donors (Lipinski definition) is 3. The summed E-state index contributed by atoms with van der Waals surface area (Å²) < 4.78 is 36.8. The average Bonchev–Trinajstić information content (AvgIpc) is 3.30. The van der Waals surface area contributed by atoms with Gasteiger partial charge in [0.25, 0.3) is 5.91 Å². The maximum absolute atomic E-state index is 14.4.